The number of fused-ring (bicyclic) bond motifs is 3. The van der Waals surface area contributed by atoms with Crippen LogP contribution in [0.1, 0.15) is 82.9 Å². The van der Waals surface area contributed by atoms with E-state index in [1.54, 1.807) is 25.6 Å². The smallest absolute Gasteiger partial charge is 0.408 e. The average Bonchev–Trinajstić information content (AvgIpc) is 3.23. The van der Waals surface area contributed by atoms with Crippen molar-refractivity contribution in [2.45, 2.75) is 109 Å². The summed E-state index contributed by atoms with van der Waals surface area (Å²) in [5, 5.41) is 24.9. The fraction of sp³-hybridized carbons (Fsp3) is 0.613. The predicted octanol–water partition coefficient (Wildman–Crippen LogP) is 3.56. The molecule has 0 unspecified atom stereocenters. The molecule has 2 aromatic rings. The summed E-state index contributed by atoms with van der Waals surface area (Å²) in [6.45, 7) is 9.37. The number of allylic oxidation sites excluding steroid dienone is 1. The standard InChI is InChI=1S/C31H42N6O6/c1-18-13-23-24(14-19(18)2)35-37(34-23)21-15-25-26(38)33-31(28(40)41)16-20(31)11-9-7-6-8-10-12-22(27(39)36(25)17-21)32-29(42)43-30(3,4)5/h9,11,13-14,20-22,25H,6-8,10,12,15-17H2,1-5H3,(H,32,42)(H,33,38)(H,40,41)/b11-9-/t20-,21-,22-,25-,31+/m0/s1. The van der Waals surface area contributed by atoms with Crippen LogP contribution in [0.25, 0.3) is 11.0 Å². The fourth-order valence-electron chi connectivity index (χ4n) is 6.05. The van der Waals surface area contributed by atoms with Crippen LogP contribution in [0.4, 0.5) is 4.79 Å². The lowest BCUT2D eigenvalue weighted by atomic mass is 10.0. The molecule has 1 saturated carbocycles. The Morgan fingerprint density at radius 3 is 2.40 bits per heavy atom. The Labute approximate surface area is 251 Å². The van der Waals surface area contributed by atoms with Gasteiger partial charge < -0.3 is 25.4 Å². The number of alkyl carbamates (subject to hydrolysis) is 1. The predicted molar refractivity (Wildman–Crippen MR) is 158 cm³/mol. The number of rotatable bonds is 3. The summed E-state index contributed by atoms with van der Waals surface area (Å²) in [5.41, 5.74) is 1.43. The van der Waals surface area contributed by atoms with E-state index >= 15 is 0 Å². The van der Waals surface area contributed by atoms with E-state index in [1.165, 1.54) is 4.90 Å². The van der Waals surface area contributed by atoms with E-state index < -0.39 is 53.1 Å². The highest BCUT2D eigenvalue weighted by Crippen LogP contribution is 2.45. The number of aryl methyl sites for hydroxylation is 2. The molecule has 5 atom stereocenters. The minimum absolute atomic E-state index is 0.131. The van der Waals surface area contributed by atoms with E-state index in [9.17, 15) is 24.3 Å². The Hall–Kier alpha value is -3.96. The van der Waals surface area contributed by atoms with Crippen molar-refractivity contribution in [2.75, 3.05) is 6.54 Å². The van der Waals surface area contributed by atoms with Crippen LogP contribution in [0.15, 0.2) is 24.3 Å². The number of carboxylic acids is 1. The highest BCUT2D eigenvalue weighted by Gasteiger charge is 2.61. The normalized spacial score (nSPS) is 29.1. The molecule has 3 heterocycles. The number of hydrogen-bond donors (Lipinski definition) is 3. The van der Waals surface area contributed by atoms with Gasteiger partial charge in [-0.05, 0) is 83.6 Å². The van der Waals surface area contributed by atoms with Crippen molar-refractivity contribution in [3.63, 3.8) is 0 Å². The summed E-state index contributed by atoms with van der Waals surface area (Å²) in [7, 11) is 0. The molecule has 1 aromatic heterocycles. The molecule has 3 amide bonds. The highest BCUT2D eigenvalue weighted by atomic mass is 16.6. The van der Waals surface area contributed by atoms with Crippen LogP contribution in [-0.2, 0) is 19.1 Å². The zero-order chi connectivity index (χ0) is 31.1. The molecule has 1 aliphatic carbocycles. The lowest BCUT2D eigenvalue weighted by Gasteiger charge is -2.30. The second-order valence-corrected chi connectivity index (χ2v) is 13.2. The van der Waals surface area contributed by atoms with E-state index in [0.29, 0.717) is 30.3 Å². The molecule has 2 fully saturated rings. The molecular weight excluding hydrogens is 552 g/mol. The molecule has 1 aromatic carbocycles. The molecule has 1 saturated heterocycles. The van der Waals surface area contributed by atoms with Gasteiger partial charge in [0.05, 0.1) is 6.04 Å². The van der Waals surface area contributed by atoms with Gasteiger partial charge in [-0.15, -0.1) is 0 Å². The number of aliphatic carboxylic acids is 1. The molecule has 0 bridgehead atoms. The van der Waals surface area contributed by atoms with Gasteiger partial charge in [-0.3, -0.25) is 9.59 Å². The van der Waals surface area contributed by atoms with Crippen LogP contribution >= 0.6 is 0 Å². The number of carbonyl (C=O) groups is 4. The van der Waals surface area contributed by atoms with Gasteiger partial charge in [0.15, 0.2) is 0 Å². The summed E-state index contributed by atoms with van der Waals surface area (Å²) < 4.78 is 5.45. The Kier molecular flexibility index (Phi) is 8.24. The molecule has 5 rings (SSSR count). The quantitative estimate of drug-likeness (QED) is 0.456. The number of ether oxygens (including phenoxy) is 1. The summed E-state index contributed by atoms with van der Waals surface area (Å²) in [6.07, 6.45) is 7.14. The van der Waals surface area contributed by atoms with Crippen LogP contribution in [0.5, 0.6) is 0 Å². The fourth-order valence-corrected chi connectivity index (χ4v) is 6.05. The van der Waals surface area contributed by atoms with Crippen LogP contribution in [0, 0.1) is 19.8 Å². The van der Waals surface area contributed by atoms with Gasteiger partial charge in [-0.2, -0.15) is 15.0 Å². The van der Waals surface area contributed by atoms with Crippen LogP contribution in [0.3, 0.4) is 0 Å². The Bertz CT molecular complexity index is 1420. The van der Waals surface area contributed by atoms with Crippen LogP contribution in [0.2, 0.25) is 0 Å². The van der Waals surface area contributed by atoms with Gasteiger partial charge >= 0.3 is 12.1 Å². The number of benzene rings is 1. The van der Waals surface area contributed by atoms with Gasteiger partial charge in [0.1, 0.15) is 34.3 Å². The monoisotopic (exact) mass is 594 g/mol. The maximum atomic E-state index is 14.2. The van der Waals surface area contributed by atoms with Gasteiger partial charge in [-0.1, -0.05) is 25.0 Å². The Morgan fingerprint density at radius 2 is 1.77 bits per heavy atom. The van der Waals surface area contributed by atoms with Gasteiger partial charge in [0, 0.05) is 18.9 Å². The Morgan fingerprint density at radius 1 is 1.09 bits per heavy atom. The minimum Gasteiger partial charge on any atom is -0.479 e. The van der Waals surface area contributed by atoms with Crippen molar-refractivity contribution < 1.29 is 29.0 Å². The van der Waals surface area contributed by atoms with Gasteiger partial charge in [0.2, 0.25) is 11.8 Å². The van der Waals surface area contributed by atoms with E-state index in [-0.39, 0.29) is 18.9 Å². The molecule has 43 heavy (non-hydrogen) atoms. The van der Waals surface area contributed by atoms with E-state index in [1.807, 2.05) is 38.1 Å². The van der Waals surface area contributed by atoms with Crippen molar-refractivity contribution in [3.05, 3.63) is 35.4 Å². The third kappa shape index (κ3) is 6.52. The van der Waals surface area contributed by atoms with Crippen molar-refractivity contribution in [2.24, 2.45) is 5.92 Å². The first-order valence-corrected chi connectivity index (χ1v) is 15.1. The largest absolute Gasteiger partial charge is 0.479 e. The number of nitrogens with zero attached hydrogens (tertiary/aromatic N) is 4. The van der Waals surface area contributed by atoms with Gasteiger partial charge in [-0.25, -0.2) is 9.59 Å². The minimum atomic E-state index is -1.40. The lowest BCUT2D eigenvalue weighted by molar-refractivity contribution is -0.145. The maximum absolute atomic E-state index is 14.2. The van der Waals surface area contributed by atoms with Crippen molar-refractivity contribution in [3.8, 4) is 0 Å². The topological polar surface area (TPSA) is 156 Å². The molecular formula is C31H42N6O6. The average molecular weight is 595 g/mol. The molecule has 3 N–H and O–H groups in total. The molecule has 0 radical (unpaired) electrons. The number of carboxylic acid groups (broad SMARTS) is 1. The number of aromatic nitrogens is 3. The Balaban J connectivity index is 1.47. The summed E-state index contributed by atoms with van der Waals surface area (Å²) in [4.78, 5) is 56.1. The first kappa shape index (κ1) is 30.5. The highest BCUT2D eigenvalue weighted by molar-refractivity contribution is 5.96. The van der Waals surface area contributed by atoms with Crippen molar-refractivity contribution >= 4 is 34.9 Å². The zero-order valence-corrected chi connectivity index (χ0v) is 25.6. The second kappa shape index (κ2) is 11.6. The molecule has 2 aliphatic heterocycles. The maximum Gasteiger partial charge on any atom is 0.408 e. The first-order valence-electron chi connectivity index (χ1n) is 15.1. The van der Waals surface area contributed by atoms with Crippen LogP contribution < -0.4 is 10.6 Å². The number of hydrogen-bond acceptors (Lipinski definition) is 7. The summed E-state index contributed by atoms with van der Waals surface area (Å²) in [5.74, 6) is -2.36. The number of carbonyl (C=O) groups excluding carboxylic acids is 3. The first-order chi connectivity index (χ1) is 20.3. The molecule has 232 valence electrons. The van der Waals surface area contributed by atoms with Crippen LogP contribution in [-0.4, -0.2) is 78.6 Å². The number of amides is 3. The summed E-state index contributed by atoms with van der Waals surface area (Å²) in [6, 6.07) is 1.60. The molecule has 0 spiro atoms. The molecule has 12 nitrogen and oxygen atoms in total. The van der Waals surface area contributed by atoms with E-state index in [4.69, 9.17) is 4.74 Å². The van der Waals surface area contributed by atoms with E-state index in [2.05, 4.69) is 20.8 Å². The molecule has 3 aliphatic rings. The lowest BCUT2D eigenvalue weighted by Crippen LogP contribution is -2.56. The van der Waals surface area contributed by atoms with Gasteiger partial charge in [0.25, 0.3) is 0 Å². The zero-order valence-electron chi connectivity index (χ0n) is 25.6. The molecule has 12 heteroatoms. The summed E-state index contributed by atoms with van der Waals surface area (Å²) >= 11 is 0. The number of nitrogens with one attached hydrogen (secondary N) is 2. The third-order valence-electron chi connectivity index (χ3n) is 8.67. The second-order valence-electron chi connectivity index (χ2n) is 13.2. The third-order valence-corrected chi connectivity index (χ3v) is 8.67. The SMILES string of the molecule is Cc1cc2nn([C@H]3C[C@H]4C(=O)N[C@]5(C(=O)O)C[C@@H]5/C=C\CCCCC[C@H](NC(=O)OC(C)(C)C)C(=O)N4C3)nc2cc1C. The van der Waals surface area contributed by atoms with E-state index in [0.717, 1.165) is 30.4 Å². The van der Waals surface area contributed by atoms with Crippen molar-refractivity contribution in [1.29, 1.82) is 0 Å². The van der Waals surface area contributed by atoms with Crippen molar-refractivity contribution in [1.82, 2.24) is 30.5 Å².